The maximum absolute atomic E-state index is 12.6. The third-order valence-electron chi connectivity index (χ3n) is 6.18. The molecule has 3 heterocycles. The molecule has 1 N–H and O–H groups in total. The molecule has 0 radical (unpaired) electrons. The van der Waals surface area contributed by atoms with Crippen LogP contribution in [0.15, 0.2) is 24.5 Å². The highest BCUT2D eigenvalue weighted by Crippen LogP contribution is 2.38. The van der Waals surface area contributed by atoms with Gasteiger partial charge in [-0.3, -0.25) is 19.3 Å². The predicted molar refractivity (Wildman–Crippen MR) is 98.6 cm³/mol. The number of aromatic nitrogens is 1. The summed E-state index contributed by atoms with van der Waals surface area (Å²) in [5, 5.41) is 0. The zero-order valence-corrected chi connectivity index (χ0v) is 15.6. The van der Waals surface area contributed by atoms with Crippen LogP contribution in [0.1, 0.15) is 32.1 Å². The molecule has 3 amide bonds. The number of pyridine rings is 1. The summed E-state index contributed by atoms with van der Waals surface area (Å²) in [5.41, 5.74) is 1.15. The molecule has 3 aliphatic rings. The van der Waals surface area contributed by atoms with Gasteiger partial charge in [-0.15, -0.1) is 0 Å². The normalized spacial score (nSPS) is 25.7. The second-order valence-corrected chi connectivity index (χ2v) is 7.70. The van der Waals surface area contributed by atoms with Crippen molar-refractivity contribution in [1.82, 2.24) is 9.80 Å². The van der Waals surface area contributed by atoms with Crippen LogP contribution in [0.25, 0.3) is 0 Å². The molecule has 7 nitrogen and oxygen atoms in total. The standard InChI is InChI=1S/C20H26N4O3/c25-18(23-13-11-22(12-14-23)15-5-8-21-9-6-15)7-10-24-19(26)16-3-1-2-4-17(16)20(24)27/h5-6,8-9,16-17H,1-4,7,10-14H2/p+1/t16-,17-/m1/s1. The van der Waals surface area contributed by atoms with E-state index in [9.17, 15) is 14.4 Å². The Bertz CT molecular complexity index is 691. The number of carbonyl (C=O) groups is 3. The maximum atomic E-state index is 12.6. The average molecular weight is 371 g/mol. The van der Waals surface area contributed by atoms with Gasteiger partial charge in [-0.25, -0.2) is 4.98 Å². The Labute approximate surface area is 159 Å². The molecule has 1 aromatic rings. The van der Waals surface area contributed by atoms with E-state index in [-0.39, 0.29) is 42.5 Å². The third-order valence-corrected chi connectivity index (χ3v) is 6.18. The molecule has 0 unspecified atom stereocenters. The third kappa shape index (κ3) is 3.55. The Hall–Kier alpha value is -2.44. The first-order chi connectivity index (χ1) is 13.1. The number of hydrogen-bond acceptors (Lipinski definition) is 4. The first kappa shape index (κ1) is 17.9. The lowest BCUT2D eigenvalue weighted by atomic mass is 9.81. The van der Waals surface area contributed by atoms with Gasteiger partial charge in [-0.2, -0.15) is 0 Å². The van der Waals surface area contributed by atoms with E-state index in [1.165, 1.54) is 4.90 Å². The van der Waals surface area contributed by atoms with Crippen LogP contribution in [0.2, 0.25) is 0 Å². The van der Waals surface area contributed by atoms with E-state index < -0.39 is 0 Å². The Balaban J connectivity index is 1.28. The Morgan fingerprint density at radius 1 is 0.963 bits per heavy atom. The summed E-state index contributed by atoms with van der Waals surface area (Å²) in [4.78, 5) is 46.1. The lowest BCUT2D eigenvalue weighted by Gasteiger charge is -2.36. The number of amides is 3. The number of nitrogens with zero attached hydrogens (tertiary/aromatic N) is 3. The van der Waals surface area contributed by atoms with Crippen molar-refractivity contribution in [1.29, 1.82) is 0 Å². The lowest BCUT2D eigenvalue weighted by molar-refractivity contribution is -0.377. The van der Waals surface area contributed by atoms with Gasteiger partial charge < -0.3 is 9.80 Å². The molecule has 2 saturated heterocycles. The summed E-state index contributed by atoms with van der Waals surface area (Å²) < 4.78 is 0. The van der Waals surface area contributed by atoms with Gasteiger partial charge in [0, 0.05) is 57.0 Å². The van der Waals surface area contributed by atoms with E-state index in [0.717, 1.165) is 44.5 Å². The van der Waals surface area contributed by atoms with E-state index in [1.807, 2.05) is 29.4 Å². The summed E-state index contributed by atoms with van der Waals surface area (Å²) in [6.07, 6.45) is 7.71. The first-order valence-electron chi connectivity index (χ1n) is 9.99. The highest BCUT2D eigenvalue weighted by atomic mass is 16.2. The van der Waals surface area contributed by atoms with Crippen molar-refractivity contribution in [3.8, 4) is 0 Å². The highest BCUT2D eigenvalue weighted by Gasteiger charge is 2.47. The van der Waals surface area contributed by atoms with Crippen molar-refractivity contribution in [3.05, 3.63) is 24.5 Å². The van der Waals surface area contributed by atoms with E-state index in [0.29, 0.717) is 13.1 Å². The van der Waals surface area contributed by atoms with Gasteiger partial charge in [0.25, 0.3) is 0 Å². The number of anilines is 1. The molecule has 144 valence electrons. The molecule has 1 aliphatic carbocycles. The number of piperazine rings is 1. The van der Waals surface area contributed by atoms with Crippen molar-refractivity contribution in [3.63, 3.8) is 0 Å². The van der Waals surface area contributed by atoms with Gasteiger partial charge in [0.1, 0.15) is 0 Å². The molecule has 3 fully saturated rings. The fraction of sp³-hybridized carbons (Fsp3) is 0.600. The molecule has 7 heteroatoms. The van der Waals surface area contributed by atoms with Crippen molar-refractivity contribution < 1.29 is 19.4 Å². The minimum Gasteiger partial charge on any atom is -0.368 e. The SMILES string of the molecule is O=C(CCN1C(=O)[C@@H]2CCCC[C@H]2C1=O)N1CCN(c2cc[nH+]cc2)CC1. The molecule has 1 saturated carbocycles. The molecular weight excluding hydrogens is 344 g/mol. The van der Waals surface area contributed by atoms with Crippen molar-refractivity contribution in [2.45, 2.75) is 32.1 Å². The molecule has 2 aliphatic heterocycles. The van der Waals surface area contributed by atoms with Gasteiger partial charge in [0.05, 0.1) is 11.8 Å². The Kier molecular flexibility index (Phi) is 5.09. The number of nitrogens with one attached hydrogen (secondary N) is 1. The van der Waals surface area contributed by atoms with Crippen molar-refractivity contribution in [2.24, 2.45) is 11.8 Å². The van der Waals surface area contributed by atoms with E-state index in [4.69, 9.17) is 0 Å². The zero-order chi connectivity index (χ0) is 18.8. The molecule has 1 aromatic heterocycles. The number of likely N-dealkylation sites (tertiary alicyclic amines) is 1. The number of hydrogen-bond donors (Lipinski definition) is 0. The van der Waals surface area contributed by atoms with Gasteiger partial charge in [0.2, 0.25) is 17.7 Å². The Morgan fingerprint density at radius 3 is 2.15 bits per heavy atom. The van der Waals surface area contributed by atoms with Crippen LogP contribution in [0.3, 0.4) is 0 Å². The fourth-order valence-electron chi connectivity index (χ4n) is 4.62. The second-order valence-electron chi connectivity index (χ2n) is 7.70. The average Bonchev–Trinajstić information content (AvgIpc) is 2.97. The van der Waals surface area contributed by atoms with Gasteiger partial charge >= 0.3 is 0 Å². The van der Waals surface area contributed by atoms with Crippen LogP contribution in [0.5, 0.6) is 0 Å². The molecule has 4 rings (SSSR count). The summed E-state index contributed by atoms with van der Waals surface area (Å²) in [6, 6.07) is 4.06. The quantitative estimate of drug-likeness (QED) is 0.731. The summed E-state index contributed by atoms with van der Waals surface area (Å²) in [6.45, 7) is 3.16. The lowest BCUT2D eigenvalue weighted by Crippen LogP contribution is -2.49. The highest BCUT2D eigenvalue weighted by molar-refractivity contribution is 6.05. The second kappa shape index (κ2) is 7.66. The minimum atomic E-state index is -0.131. The van der Waals surface area contributed by atoms with Gasteiger partial charge in [0.15, 0.2) is 12.4 Å². The first-order valence-corrected chi connectivity index (χ1v) is 9.99. The number of fused-ring (bicyclic) bond motifs is 1. The maximum Gasteiger partial charge on any atom is 0.233 e. The van der Waals surface area contributed by atoms with Crippen LogP contribution in [-0.4, -0.2) is 60.2 Å². The van der Waals surface area contributed by atoms with Crippen LogP contribution in [-0.2, 0) is 14.4 Å². The Morgan fingerprint density at radius 2 is 1.56 bits per heavy atom. The molecule has 0 spiro atoms. The topological polar surface area (TPSA) is 75.1 Å². The van der Waals surface area contributed by atoms with Crippen LogP contribution in [0, 0.1) is 11.8 Å². The molecule has 0 bridgehead atoms. The van der Waals surface area contributed by atoms with E-state index in [1.54, 1.807) is 0 Å². The van der Waals surface area contributed by atoms with E-state index in [2.05, 4.69) is 9.88 Å². The van der Waals surface area contributed by atoms with Crippen molar-refractivity contribution >= 4 is 23.4 Å². The summed E-state index contributed by atoms with van der Waals surface area (Å²) >= 11 is 0. The molecule has 2 atom stereocenters. The fourth-order valence-corrected chi connectivity index (χ4v) is 4.62. The number of carbonyl (C=O) groups excluding carboxylic acids is 3. The molecule has 27 heavy (non-hydrogen) atoms. The smallest absolute Gasteiger partial charge is 0.233 e. The number of imide groups is 1. The molecule has 0 aromatic carbocycles. The van der Waals surface area contributed by atoms with Crippen LogP contribution in [0.4, 0.5) is 5.69 Å². The zero-order valence-electron chi connectivity index (χ0n) is 15.6. The monoisotopic (exact) mass is 371 g/mol. The van der Waals surface area contributed by atoms with Crippen molar-refractivity contribution in [2.75, 3.05) is 37.6 Å². The predicted octanol–water partition coefficient (Wildman–Crippen LogP) is 0.715. The summed E-state index contributed by atoms with van der Waals surface area (Å²) in [7, 11) is 0. The number of H-pyrrole nitrogens is 1. The minimum absolute atomic E-state index is 0.0338. The van der Waals surface area contributed by atoms with E-state index >= 15 is 0 Å². The van der Waals surface area contributed by atoms with Crippen LogP contribution >= 0.6 is 0 Å². The molecular formula is C20H27N4O3+. The van der Waals surface area contributed by atoms with Gasteiger partial charge in [-0.05, 0) is 12.8 Å². The number of aromatic amines is 1. The van der Waals surface area contributed by atoms with Crippen LogP contribution < -0.4 is 9.88 Å². The summed E-state index contributed by atoms with van der Waals surface area (Å²) in [5.74, 6) is -0.334. The largest absolute Gasteiger partial charge is 0.368 e. The number of rotatable bonds is 4. The van der Waals surface area contributed by atoms with Gasteiger partial charge in [-0.1, -0.05) is 12.8 Å².